The molecule has 0 aromatic heterocycles. The predicted octanol–water partition coefficient (Wildman–Crippen LogP) is 4.56. The maximum Gasteiger partial charge on any atom is 0.408 e. The number of carboxylic acids is 1. The second-order valence-electron chi connectivity index (χ2n) is 10.7. The van der Waals surface area contributed by atoms with Crippen LogP contribution in [-0.4, -0.2) is 60.7 Å². The number of hydrogen-bond donors (Lipinski definition) is 2. The number of nitrogens with one attached hydrogen (secondary N) is 1. The van der Waals surface area contributed by atoms with Crippen LogP contribution in [-0.2, 0) is 29.1 Å². The number of benzene rings is 2. The summed E-state index contributed by atoms with van der Waals surface area (Å²) < 4.78 is 39.1. The van der Waals surface area contributed by atoms with Crippen molar-refractivity contribution >= 4 is 39.7 Å². The summed E-state index contributed by atoms with van der Waals surface area (Å²) in [6, 6.07) is 10.0. The quantitative estimate of drug-likeness (QED) is 0.403. The van der Waals surface area contributed by atoms with Gasteiger partial charge < -0.3 is 19.9 Å². The van der Waals surface area contributed by atoms with Gasteiger partial charge in [-0.15, -0.1) is 0 Å². The highest BCUT2D eigenvalue weighted by molar-refractivity contribution is 7.89. The van der Waals surface area contributed by atoms with Crippen molar-refractivity contribution < 1.29 is 37.4 Å². The van der Waals surface area contributed by atoms with Crippen molar-refractivity contribution in [1.82, 2.24) is 9.62 Å². The first-order valence-corrected chi connectivity index (χ1v) is 14.7. The van der Waals surface area contributed by atoms with E-state index in [1.165, 1.54) is 12.1 Å². The van der Waals surface area contributed by atoms with Crippen LogP contribution in [0.25, 0.3) is 0 Å². The molecule has 12 heteroatoms. The van der Waals surface area contributed by atoms with Gasteiger partial charge in [0.15, 0.2) is 0 Å². The fourth-order valence-electron chi connectivity index (χ4n) is 4.87. The van der Waals surface area contributed by atoms with Crippen LogP contribution in [0.3, 0.4) is 0 Å². The van der Waals surface area contributed by atoms with Crippen LogP contribution in [0.2, 0.25) is 5.02 Å². The van der Waals surface area contributed by atoms with Gasteiger partial charge in [0, 0.05) is 23.4 Å². The molecule has 0 bridgehead atoms. The zero-order valence-electron chi connectivity index (χ0n) is 23.1. The number of carboxylic acid groups (broad SMARTS) is 1. The highest BCUT2D eigenvalue weighted by Gasteiger charge is 2.54. The van der Waals surface area contributed by atoms with E-state index in [9.17, 15) is 27.9 Å². The average Bonchev–Trinajstić information content (AvgIpc) is 3.22. The molecule has 0 unspecified atom stereocenters. The largest absolute Gasteiger partial charge is 0.480 e. The first-order chi connectivity index (χ1) is 18.6. The van der Waals surface area contributed by atoms with E-state index in [1.807, 2.05) is 0 Å². The number of carbonyl (C=O) groups is 3. The van der Waals surface area contributed by atoms with E-state index in [0.29, 0.717) is 10.6 Å². The maximum atomic E-state index is 13.8. The number of halogens is 1. The van der Waals surface area contributed by atoms with Crippen molar-refractivity contribution in [3.8, 4) is 0 Å². The van der Waals surface area contributed by atoms with Gasteiger partial charge in [0.05, 0.1) is 24.0 Å². The van der Waals surface area contributed by atoms with Gasteiger partial charge in [-0.05, 0) is 64.4 Å². The van der Waals surface area contributed by atoms with E-state index in [0.717, 1.165) is 9.87 Å². The van der Waals surface area contributed by atoms with Crippen molar-refractivity contribution in [2.45, 2.75) is 63.6 Å². The minimum atomic E-state index is -4.31. The number of esters is 1. The third kappa shape index (κ3) is 7.52. The van der Waals surface area contributed by atoms with Crippen molar-refractivity contribution in [3.63, 3.8) is 0 Å². The topological polar surface area (TPSA) is 139 Å². The Kier molecular flexibility index (Phi) is 9.86. The van der Waals surface area contributed by atoms with Gasteiger partial charge in [-0.2, -0.15) is 4.31 Å². The summed E-state index contributed by atoms with van der Waals surface area (Å²) in [7, 11) is -4.31. The number of nitrogens with zero attached hydrogens (tertiary/aromatic N) is 1. The van der Waals surface area contributed by atoms with Gasteiger partial charge >= 0.3 is 18.0 Å². The molecule has 1 heterocycles. The van der Waals surface area contributed by atoms with Gasteiger partial charge in [0.2, 0.25) is 10.0 Å². The van der Waals surface area contributed by atoms with Gasteiger partial charge in [0.25, 0.3) is 0 Å². The first kappa shape index (κ1) is 31.4. The molecule has 1 fully saturated rings. The molecule has 1 aliphatic rings. The Bertz CT molecular complexity index is 1320. The molecular weight excluding hydrogens is 560 g/mol. The van der Waals surface area contributed by atoms with E-state index in [4.69, 9.17) is 21.1 Å². The van der Waals surface area contributed by atoms with Gasteiger partial charge in [-0.1, -0.05) is 41.4 Å². The number of alkyl carbamates (subject to hydrolysis) is 1. The Hall–Kier alpha value is -3.15. The highest BCUT2D eigenvalue weighted by atomic mass is 35.5. The van der Waals surface area contributed by atoms with E-state index < -0.39 is 57.6 Å². The molecule has 1 aliphatic heterocycles. The lowest BCUT2D eigenvalue weighted by molar-refractivity contribution is -0.146. The van der Waals surface area contributed by atoms with E-state index in [-0.39, 0.29) is 24.5 Å². The molecule has 2 aromatic rings. The lowest BCUT2D eigenvalue weighted by Crippen LogP contribution is -2.44. The number of carbonyl (C=O) groups excluding carboxylic acids is 2. The van der Waals surface area contributed by atoms with E-state index >= 15 is 0 Å². The molecule has 4 atom stereocenters. The molecular formula is C28H35ClN2O8S. The van der Waals surface area contributed by atoms with Crippen LogP contribution < -0.4 is 5.32 Å². The molecule has 0 saturated carbocycles. The minimum Gasteiger partial charge on any atom is -0.480 e. The Morgan fingerprint density at radius 1 is 1.10 bits per heavy atom. The number of aryl methyl sites for hydroxylation is 1. The average molecular weight is 595 g/mol. The Morgan fingerprint density at radius 2 is 1.70 bits per heavy atom. The van der Waals surface area contributed by atoms with Crippen LogP contribution in [0, 0.1) is 18.8 Å². The monoisotopic (exact) mass is 594 g/mol. The maximum absolute atomic E-state index is 13.8. The molecule has 40 heavy (non-hydrogen) atoms. The van der Waals surface area contributed by atoms with Crippen molar-refractivity contribution in [2.75, 3.05) is 13.2 Å². The number of aliphatic carboxylic acids is 1. The molecule has 10 nitrogen and oxygen atoms in total. The standard InChI is InChI=1S/C28H35ClN2O8S/c1-6-38-23(32)15-21-22(24(18-9-11-19(29)12-10-18)30-27(35)39-28(3,4)5)16-31(25(21)26(33)34)40(36,37)20-13-7-17(2)8-14-20/h7-14,21-22,24-25H,6,15-16H2,1-5H3,(H,30,35)(H,33,34)/t21-,22+,24+,25+/m1/s1. The summed E-state index contributed by atoms with van der Waals surface area (Å²) in [4.78, 5) is 38.2. The Morgan fingerprint density at radius 3 is 2.23 bits per heavy atom. The van der Waals surface area contributed by atoms with Crippen molar-refractivity contribution in [3.05, 3.63) is 64.7 Å². The number of rotatable bonds is 9. The number of ether oxygens (including phenoxy) is 2. The molecule has 2 aromatic carbocycles. The lowest BCUT2D eigenvalue weighted by atomic mass is 9.80. The van der Waals surface area contributed by atoms with Crippen LogP contribution >= 0.6 is 11.6 Å². The van der Waals surface area contributed by atoms with E-state index in [1.54, 1.807) is 71.0 Å². The second-order valence-corrected chi connectivity index (χ2v) is 13.0. The zero-order chi connectivity index (χ0) is 29.8. The normalized spacial score (nSPS) is 20.5. The summed E-state index contributed by atoms with van der Waals surface area (Å²) in [5, 5.41) is 13.5. The SMILES string of the molecule is CCOC(=O)C[C@@H]1[C@@H]([C@@H](NC(=O)OC(C)(C)C)c2ccc(Cl)cc2)CN(S(=O)(=O)c2ccc(C)cc2)[C@@H]1C(=O)O. The smallest absolute Gasteiger partial charge is 0.408 e. The van der Waals surface area contributed by atoms with Gasteiger partial charge in [-0.25, -0.2) is 13.2 Å². The summed E-state index contributed by atoms with van der Waals surface area (Å²) in [6.07, 6.45) is -1.16. The fourth-order valence-corrected chi connectivity index (χ4v) is 6.66. The van der Waals surface area contributed by atoms with E-state index in [2.05, 4.69) is 5.32 Å². The minimum absolute atomic E-state index is 0.0656. The van der Waals surface area contributed by atoms with Crippen LogP contribution in [0.1, 0.15) is 51.3 Å². The van der Waals surface area contributed by atoms with Crippen LogP contribution in [0.15, 0.2) is 53.4 Å². The molecule has 2 N–H and O–H groups in total. The second kappa shape index (κ2) is 12.6. The summed E-state index contributed by atoms with van der Waals surface area (Å²) >= 11 is 6.09. The fraction of sp³-hybridized carbons (Fsp3) is 0.464. The Labute approximate surface area is 239 Å². The van der Waals surface area contributed by atoms with Crippen molar-refractivity contribution in [2.24, 2.45) is 11.8 Å². The number of hydrogen-bond acceptors (Lipinski definition) is 7. The van der Waals surface area contributed by atoms with Crippen molar-refractivity contribution in [1.29, 1.82) is 0 Å². The summed E-state index contributed by atoms with van der Waals surface area (Å²) in [6.45, 7) is 8.28. The van der Waals surface area contributed by atoms with Gasteiger partial charge in [0.1, 0.15) is 11.6 Å². The first-order valence-electron chi connectivity index (χ1n) is 12.9. The summed E-state index contributed by atoms with van der Waals surface area (Å²) in [5.41, 5.74) is 0.532. The lowest BCUT2D eigenvalue weighted by Gasteiger charge is -2.31. The third-order valence-corrected chi connectivity index (χ3v) is 8.69. The predicted molar refractivity (Wildman–Crippen MR) is 148 cm³/mol. The molecule has 0 radical (unpaired) electrons. The molecule has 1 saturated heterocycles. The molecule has 0 spiro atoms. The molecule has 218 valence electrons. The number of sulfonamides is 1. The van der Waals surface area contributed by atoms with Crippen LogP contribution in [0.4, 0.5) is 4.79 Å². The molecule has 3 rings (SSSR count). The molecule has 1 amide bonds. The molecule has 0 aliphatic carbocycles. The van der Waals surface area contributed by atoms with Crippen LogP contribution in [0.5, 0.6) is 0 Å². The highest BCUT2D eigenvalue weighted by Crippen LogP contribution is 2.43. The number of amides is 1. The summed E-state index contributed by atoms with van der Waals surface area (Å²) in [5.74, 6) is -3.99. The Balaban J connectivity index is 2.15. The van der Waals surface area contributed by atoms with Gasteiger partial charge in [-0.3, -0.25) is 9.59 Å². The third-order valence-electron chi connectivity index (χ3n) is 6.57. The zero-order valence-corrected chi connectivity index (χ0v) is 24.7.